The highest BCUT2D eigenvalue weighted by Crippen LogP contribution is 2.47. The first-order valence-electron chi connectivity index (χ1n) is 8.03. The Balaban J connectivity index is 1.72. The van der Waals surface area contributed by atoms with Gasteiger partial charge in [-0.15, -0.1) is 0 Å². The van der Waals surface area contributed by atoms with Crippen LogP contribution in [0.15, 0.2) is 22.7 Å². The molecule has 4 heteroatoms. The molecule has 2 nitrogen and oxygen atoms in total. The largest absolute Gasteiger partial charge is 0.329 e. The maximum Gasteiger partial charge on any atom is 0.0481 e. The van der Waals surface area contributed by atoms with Gasteiger partial charge >= 0.3 is 0 Å². The summed E-state index contributed by atoms with van der Waals surface area (Å²) in [5.74, 6) is 0. The molecule has 1 spiro atoms. The second kappa shape index (κ2) is 6.57. The predicted octanol–water partition coefficient (Wildman–Crippen LogP) is 4.76. The lowest BCUT2D eigenvalue weighted by molar-refractivity contribution is 0.0778. The highest BCUT2D eigenvalue weighted by atomic mass is 79.9. The van der Waals surface area contributed by atoms with Gasteiger partial charge in [0.2, 0.25) is 0 Å². The molecule has 1 saturated carbocycles. The number of likely N-dealkylation sites (tertiary alicyclic amines) is 1. The quantitative estimate of drug-likeness (QED) is 0.830. The van der Waals surface area contributed by atoms with Crippen molar-refractivity contribution in [3.8, 4) is 0 Å². The van der Waals surface area contributed by atoms with Crippen LogP contribution in [-0.2, 0) is 0 Å². The topological polar surface area (TPSA) is 29.3 Å². The molecule has 0 amide bonds. The molecule has 1 aromatic carbocycles. The van der Waals surface area contributed by atoms with Crippen LogP contribution in [0.5, 0.6) is 0 Å². The molecule has 1 aliphatic carbocycles. The molecular formula is C17H24BrClN2. The van der Waals surface area contributed by atoms with Gasteiger partial charge in [0.1, 0.15) is 0 Å². The minimum atomic E-state index is 0.301. The van der Waals surface area contributed by atoms with Gasteiger partial charge in [0.25, 0.3) is 0 Å². The van der Waals surface area contributed by atoms with Gasteiger partial charge in [0.05, 0.1) is 0 Å². The summed E-state index contributed by atoms with van der Waals surface area (Å²) in [7, 11) is 0. The van der Waals surface area contributed by atoms with Crippen LogP contribution in [0.2, 0.25) is 5.02 Å². The van der Waals surface area contributed by atoms with E-state index in [4.69, 9.17) is 17.3 Å². The minimum Gasteiger partial charge on any atom is -0.329 e. The number of rotatable bonds is 3. The van der Waals surface area contributed by atoms with Crippen LogP contribution >= 0.6 is 27.5 Å². The zero-order chi connectivity index (χ0) is 14.9. The van der Waals surface area contributed by atoms with Crippen LogP contribution in [0.25, 0.3) is 0 Å². The van der Waals surface area contributed by atoms with Gasteiger partial charge in [-0.3, -0.25) is 4.90 Å². The molecule has 0 radical (unpaired) electrons. The third-order valence-corrected chi connectivity index (χ3v) is 6.43. The molecule has 1 aliphatic heterocycles. The van der Waals surface area contributed by atoms with Crippen molar-refractivity contribution in [3.05, 3.63) is 33.3 Å². The molecule has 0 aromatic heterocycles. The number of hydrogen-bond donors (Lipinski definition) is 1. The zero-order valence-electron chi connectivity index (χ0n) is 12.5. The van der Waals surface area contributed by atoms with Crippen molar-refractivity contribution in [1.82, 2.24) is 4.90 Å². The Hall–Kier alpha value is -0.0900. The highest BCUT2D eigenvalue weighted by molar-refractivity contribution is 9.10. The molecule has 2 N–H and O–H groups in total. The van der Waals surface area contributed by atoms with E-state index in [2.05, 4.69) is 26.9 Å². The van der Waals surface area contributed by atoms with E-state index in [1.165, 1.54) is 57.2 Å². The standard InChI is InChI=1S/C17H24BrClN2/c18-15-11-13(19)3-4-14(15)16(12-20)21-9-7-17(8-10-21)5-1-2-6-17/h3-4,11,16H,1-2,5-10,12,20H2. The number of hydrogen-bond acceptors (Lipinski definition) is 2. The Bertz CT molecular complexity index is 490. The maximum absolute atomic E-state index is 6.09. The van der Waals surface area contributed by atoms with E-state index < -0.39 is 0 Å². The minimum absolute atomic E-state index is 0.301. The van der Waals surface area contributed by atoms with E-state index in [9.17, 15) is 0 Å². The van der Waals surface area contributed by atoms with Crippen molar-refractivity contribution in [2.45, 2.75) is 44.6 Å². The fourth-order valence-electron chi connectivity index (χ4n) is 4.18. The average molecular weight is 372 g/mol. The summed E-state index contributed by atoms with van der Waals surface area (Å²) in [6.07, 6.45) is 8.44. The molecule has 1 unspecified atom stereocenters. The monoisotopic (exact) mass is 370 g/mol. The van der Waals surface area contributed by atoms with Crippen LogP contribution in [-0.4, -0.2) is 24.5 Å². The SMILES string of the molecule is NCC(c1ccc(Cl)cc1Br)N1CCC2(CCCC2)CC1. The van der Waals surface area contributed by atoms with Gasteiger partial charge in [-0.1, -0.05) is 46.4 Å². The highest BCUT2D eigenvalue weighted by Gasteiger charge is 2.38. The van der Waals surface area contributed by atoms with E-state index in [0.717, 1.165) is 9.50 Å². The van der Waals surface area contributed by atoms with E-state index >= 15 is 0 Å². The van der Waals surface area contributed by atoms with Crippen LogP contribution < -0.4 is 5.73 Å². The molecule has 1 heterocycles. The summed E-state index contributed by atoms with van der Waals surface area (Å²) in [4.78, 5) is 2.57. The van der Waals surface area contributed by atoms with Crippen LogP contribution in [0, 0.1) is 5.41 Å². The average Bonchev–Trinajstić information content (AvgIpc) is 2.92. The molecule has 1 atom stereocenters. The molecule has 1 saturated heterocycles. The van der Waals surface area contributed by atoms with Crippen molar-refractivity contribution in [2.24, 2.45) is 11.1 Å². The smallest absolute Gasteiger partial charge is 0.0481 e. The van der Waals surface area contributed by atoms with Crippen molar-refractivity contribution in [2.75, 3.05) is 19.6 Å². The molecule has 2 fully saturated rings. The zero-order valence-corrected chi connectivity index (χ0v) is 14.8. The lowest BCUT2D eigenvalue weighted by atomic mass is 9.76. The first-order chi connectivity index (χ1) is 10.1. The van der Waals surface area contributed by atoms with Gasteiger partial charge in [0, 0.05) is 22.1 Å². The third-order valence-electron chi connectivity index (χ3n) is 5.51. The molecule has 2 aliphatic rings. The Labute approximate surface area is 141 Å². The normalized spacial score (nSPS) is 23.6. The first kappa shape index (κ1) is 15.8. The maximum atomic E-state index is 6.09. The summed E-state index contributed by atoms with van der Waals surface area (Å²) >= 11 is 9.71. The number of nitrogens with two attached hydrogens (primary N) is 1. The Kier molecular flexibility index (Phi) is 4.94. The lowest BCUT2D eigenvalue weighted by Gasteiger charge is -2.43. The summed E-state index contributed by atoms with van der Waals surface area (Å²) in [6, 6.07) is 6.36. The molecular weight excluding hydrogens is 348 g/mol. The Morgan fingerprint density at radius 3 is 2.43 bits per heavy atom. The van der Waals surface area contributed by atoms with E-state index in [0.29, 0.717) is 18.0 Å². The van der Waals surface area contributed by atoms with Crippen LogP contribution in [0.4, 0.5) is 0 Å². The molecule has 116 valence electrons. The Morgan fingerprint density at radius 1 is 1.19 bits per heavy atom. The van der Waals surface area contributed by atoms with Crippen molar-refractivity contribution in [3.63, 3.8) is 0 Å². The summed E-state index contributed by atoms with van der Waals surface area (Å²) in [5, 5.41) is 0.768. The second-order valence-corrected chi connectivity index (χ2v) is 7.95. The van der Waals surface area contributed by atoms with Gasteiger partial charge in [-0.05, 0) is 61.9 Å². The number of nitrogens with zero attached hydrogens (tertiary/aromatic N) is 1. The van der Waals surface area contributed by atoms with Crippen molar-refractivity contribution in [1.29, 1.82) is 0 Å². The summed E-state index contributed by atoms with van der Waals surface area (Å²) in [5.41, 5.74) is 8.02. The summed E-state index contributed by atoms with van der Waals surface area (Å²) < 4.78 is 1.08. The molecule has 3 rings (SSSR count). The first-order valence-corrected chi connectivity index (χ1v) is 9.20. The van der Waals surface area contributed by atoms with E-state index in [1.807, 2.05) is 12.1 Å². The van der Waals surface area contributed by atoms with Gasteiger partial charge < -0.3 is 5.73 Å². The molecule has 21 heavy (non-hydrogen) atoms. The van der Waals surface area contributed by atoms with Crippen LogP contribution in [0.3, 0.4) is 0 Å². The fourth-order valence-corrected chi connectivity index (χ4v) is 5.13. The van der Waals surface area contributed by atoms with E-state index in [1.54, 1.807) is 0 Å². The third kappa shape index (κ3) is 3.31. The van der Waals surface area contributed by atoms with Crippen molar-refractivity contribution >= 4 is 27.5 Å². The number of benzene rings is 1. The molecule has 1 aromatic rings. The number of halogens is 2. The lowest BCUT2D eigenvalue weighted by Crippen LogP contribution is -2.43. The van der Waals surface area contributed by atoms with Gasteiger partial charge in [-0.25, -0.2) is 0 Å². The van der Waals surface area contributed by atoms with Crippen molar-refractivity contribution < 1.29 is 0 Å². The Morgan fingerprint density at radius 2 is 1.86 bits per heavy atom. The fraction of sp³-hybridized carbons (Fsp3) is 0.647. The van der Waals surface area contributed by atoms with E-state index in [-0.39, 0.29) is 0 Å². The van der Waals surface area contributed by atoms with Gasteiger partial charge in [-0.2, -0.15) is 0 Å². The van der Waals surface area contributed by atoms with Crippen LogP contribution in [0.1, 0.15) is 50.1 Å². The summed E-state index contributed by atoms with van der Waals surface area (Å²) in [6.45, 7) is 3.01. The molecule has 0 bridgehead atoms. The predicted molar refractivity (Wildman–Crippen MR) is 92.7 cm³/mol. The second-order valence-electron chi connectivity index (χ2n) is 6.66. The van der Waals surface area contributed by atoms with Gasteiger partial charge in [0.15, 0.2) is 0 Å². The number of piperidine rings is 1.